The minimum Gasteiger partial charge on any atom is -0.312 e. The van der Waals surface area contributed by atoms with E-state index >= 15 is 0 Å². The van der Waals surface area contributed by atoms with Crippen molar-refractivity contribution >= 4 is 0 Å². The Morgan fingerprint density at radius 1 is 1.27 bits per heavy atom. The molecule has 0 aliphatic carbocycles. The van der Waals surface area contributed by atoms with Crippen LogP contribution in [0.2, 0.25) is 0 Å². The molecule has 1 aliphatic rings. The highest BCUT2D eigenvalue weighted by Gasteiger charge is 2.47. The molecule has 1 fully saturated rings. The summed E-state index contributed by atoms with van der Waals surface area (Å²) >= 11 is 0. The van der Waals surface area contributed by atoms with Crippen molar-refractivity contribution in [3.05, 3.63) is 0 Å². The van der Waals surface area contributed by atoms with Gasteiger partial charge < -0.3 is 5.21 Å². The van der Waals surface area contributed by atoms with Gasteiger partial charge in [-0.2, -0.15) is 5.06 Å². The maximum atomic E-state index is 9.63. The summed E-state index contributed by atoms with van der Waals surface area (Å²) in [7, 11) is 0. The Morgan fingerprint density at radius 3 is 1.82 bits per heavy atom. The van der Waals surface area contributed by atoms with Crippen LogP contribution in [0.25, 0.3) is 0 Å². The number of nitrogens with zero attached hydrogens (tertiary/aromatic N) is 1. The lowest BCUT2D eigenvalue weighted by atomic mass is 9.99. The molecule has 0 spiro atoms. The Labute approximate surface area is 68.3 Å². The number of hydrogen-bond donors (Lipinski definition) is 2. The van der Waals surface area contributed by atoms with E-state index in [1.807, 2.05) is 20.8 Å². The van der Waals surface area contributed by atoms with E-state index in [2.05, 4.69) is 19.2 Å². The predicted octanol–water partition coefficient (Wildman–Crippen LogP) is 1.18. The second-order valence-corrected chi connectivity index (χ2v) is 4.43. The average molecular weight is 158 g/mol. The second-order valence-electron chi connectivity index (χ2n) is 4.43. The molecule has 66 valence electrons. The lowest BCUT2D eigenvalue weighted by molar-refractivity contribution is -0.166. The number of nitrogens with one attached hydrogen (secondary N) is 1. The normalized spacial score (nSPS) is 36.0. The Hall–Kier alpha value is -0.120. The van der Waals surface area contributed by atoms with E-state index in [0.717, 1.165) is 0 Å². The van der Waals surface area contributed by atoms with Crippen LogP contribution in [-0.4, -0.2) is 27.5 Å². The first kappa shape index (κ1) is 8.97. The summed E-state index contributed by atoms with van der Waals surface area (Å²) in [5.74, 6) is 0. The van der Waals surface area contributed by atoms with Crippen molar-refractivity contribution < 1.29 is 5.21 Å². The standard InChI is InChI=1S/C8H18N2O/c1-6-7(2,3)9-8(4,5)10(6)11/h6,9,11H,1-5H3. The van der Waals surface area contributed by atoms with Crippen molar-refractivity contribution in [2.45, 2.75) is 51.9 Å². The third kappa shape index (κ3) is 1.28. The molecule has 0 aromatic heterocycles. The Kier molecular flexibility index (Phi) is 1.78. The maximum Gasteiger partial charge on any atom is 0.0901 e. The van der Waals surface area contributed by atoms with Gasteiger partial charge >= 0.3 is 0 Å². The quantitative estimate of drug-likeness (QED) is 0.556. The van der Waals surface area contributed by atoms with E-state index in [4.69, 9.17) is 0 Å². The van der Waals surface area contributed by atoms with Crippen LogP contribution in [0.5, 0.6) is 0 Å². The van der Waals surface area contributed by atoms with E-state index in [1.165, 1.54) is 5.06 Å². The third-order valence-electron chi connectivity index (χ3n) is 2.61. The monoisotopic (exact) mass is 158 g/mol. The summed E-state index contributed by atoms with van der Waals surface area (Å²) in [4.78, 5) is 0. The molecular weight excluding hydrogens is 140 g/mol. The van der Waals surface area contributed by atoms with Crippen LogP contribution in [0.1, 0.15) is 34.6 Å². The minimum atomic E-state index is -0.303. The molecule has 2 N–H and O–H groups in total. The lowest BCUT2D eigenvalue weighted by Gasteiger charge is -2.26. The topological polar surface area (TPSA) is 35.5 Å². The van der Waals surface area contributed by atoms with Gasteiger partial charge in [0.05, 0.1) is 11.7 Å². The van der Waals surface area contributed by atoms with Crippen molar-refractivity contribution in [2.24, 2.45) is 0 Å². The molecule has 1 saturated heterocycles. The van der Waals surface area contributed by atoms with Crippen LogP contribution in [0, 0.1) is 0 Å². The molecule has 3 nitrogen and oxygen atoms in total. The van der Waals surface area contributed by atoms with Gasteiger partial charge in [0.1, 0.15) is 0 Å². The molecule has 0 saturated carbocycles. The van der Waals surface area contributed by atoms with E-state index in [1.54, 1.807) is 0 Å². The average Bonchev–Trinajstić information content (AvgIpc) is 1.91. The SMILES string of the molecule is CC1N(O)C(C)(C)NC1(C)C. The zero-order valence-corrected chi connectivity index (χ0v) is 7.97. The van der Waals surface area contributed by atoms with Crippen LogP contribution in [0.4, 0.5) is 0 Å². The van der Waals surface area contributed by atoms with Gasteiger partial charge in [-0.05, 0) is 34.6 Å². The molecule has 11 heavy (non-hydrogen) atoms. The van der Waals surface area contributed by atoms with E-state index < -0.39 is 0 Å². The molecule has 1 unspecified atom stereocenters. The third-order valence-corrected chi connectivity index (χ3v) is 2.61. The van der Waals surface area contributed by atoms with Crippen LogP contribution in [0.3, 0.4) is 0 Å². The maximum absolute atomic E-state index is 9.63. The van der Waals surface area contributed by atoms with E-state index in [-0.39, 0.29) is 17.2 Å². The predicted molar refractivity (Wildman–Crippen MR) is 44.4 cm³/mol. The summed E-state index contributed by atoms with van der Waals surface area (Å²) in [6.07, 6.45) is 0. The lowest BCUT2D eigenvalue weighted by Crippen LogP contribution is -2.47. The van der Waals surface area contributed by atoms with Crippen LogP contribution in [0.15, 0.2) is 0 Å². The van der Waals surface area contributed by atoms with Crippen molar-refractivity contribution in [1.82, 2.24) is 10.4 Å². The molecule has 0 aromatic rings. The fourth-order valence-corrected chi connectivity index (χ4v) is 1.74. The highest BCUT2D eigenvalue weighted by atomic mass is 16.5. The van der Waals surface area contributed by atoms with Gasteiger partial charge in [0.2, 0.25) is 0 Å². The smallest absolute Gasteiger partial charge is 0.0901 e. The number of hydroxylamine groups is 2. The summed E-state index contributed by atoms with van der Waals surface area (Å²) in [5.41, 5.74) is -0.318. The van der Waals surface area contributed by atoms with Gasteiger partial charge in [0.25, 0.3) is 0 Å². The molecule has 0 amide bonds. The Morgan fingerprint density at radius 2 is 1.73 bits per heavy atom. The largest absolute Gasteiger partial charge is 0.312 e. The molecular formula is C8H18N2O. The summed E-state index contributed by atoms with van der Waals surface area (Å²) in [5, 5.41) is 14.4. The van der Waals surface area contributed by atoms with Crippen molar-refractivity contribution in [3.8, 4) is 0 Å². The highest BCUT2D eigenvalue weighted by Crippen LogP contribution is 2.29. The molecule has 0 aromatic carbocycles. The summed E-state index contributed by atoms with van der Waals surface area (Å²) < 4.78 is 0. The van der Waals surface area contributed by atoms with E-state index in [9.17, 15) is 5.21 Å². The minimum absolute atomic E-state index is 0.0156. The highest BCUT2D eigenvalue weighted by molar-refractivity contribution is 5.01. The second kappa shape index (κ2) is 2.19. The number of rotatable bonds is 0. The van der Waals surface area contributed by atoms with Crippen molar-refractivity contribution in [2.75, 3.05) is 0 Å². The molecule has 3 heteroatoms. The van der Waals surface area contributed by atoms with Crippen LogP contribution in [-0.2, 0) is 0 Å². The first-order valence-electron chi connectivity index (χ1n) is 4.05. The molecule has 0 bridgehead atoms. The zero-order chi connectivity index (χ0) is 8.86. The van der Waals surface area contributed by atoms with Crippen LogP contribution >= 0.6 is 0 Å². The van der Waals surface area contributed by atoms with Crippen LogP contribution < -0.4 is 5.32 Å². The van der Waals surface area contributed by atoms with Crippen molar-refractivity contribution in [1.29, 1.82) is 0 Å². The van der Waals surface area contributed by atoms with Gasteiger partial charge in [-0.25, -0.2) is 0 Å². The first-order chi connectivity index (χ1) is 4.77. The van der Waals surface area contributed by atoms with Gasteiger partial charge in [-0.3, -0.25) is 5.32 Å². The fraction of sp³-hybridized carbons (Fsp3) is 1.00. The zero-order valence-electron chi connectivity index (χ0n) is 7.97. The molecule has 1 atom stereocenters. The first-order valence-corrected chi connectivity index (χ1v) is 4.05. The fourth-order valence-electron chi connectivity index (χ4n) is 1.74. The molecule has 0 radical (unpaired) electrons. The molecule has 1 rings (SSSR count). The summed E-state index contributed by atoms with van der Waals surface area (Å²) in [6, 6.07) is 0.150. The van der Waals surface area contributed by atoms with Gasteiger partial charge in [-0.15, -0.1) is 0 Å². The number of hydrogen-bond acceptors (Lipinski definition) is 3. The molecule has 1 heterocycles. The Balaban J connectivity index is 2.86. The summed E-state index contributed by atoms with van der Waals surface area (Å²) in [6.45, 7) is 10.1. The molecule has 1 aliphatic heterocycles. The van der Waals surface area contributed by atoms with Gasteiger partial charge in [0, 0.05) is 5.54 Å². The Bertz CT molecular complexity index is 147. The van der Waals surface area contributed by atoms with Crippen molar-refractivity contribution in [3.63, 3.8) is 0 Å². The van der Waals surface area contributed by atoms with Gasteiger partial charge in [-0.1, -0.05) is 0 Å². The van der Waals surface area contributed by atoms with E-state index in [0.29, 0.717) is 0 Å². The van der Waals surface area contributed by atoms with Gasteiger partial charge in [0.15, 0.2) is 0 Å².